The molecule has 0 aromatic heterocycles. The summed E-state index contributed by atoms with van der Waals surface area (Å²) in [6, 6.07) is 9.99. The van der Waals surface area contributed by atoms with Gasteiger partial charge in [-0.05, 0) is 36.3 Å². The van der Waals surface area contributed by atoms with Crippen molar-refractivity contribution < 1.29 is 4.79 Å². The van der Waals surface area contributed by atoms with Crippen LogP contribution < -0.4 is 11.1 Å². The molecule has 0 saturated heterocycles. The van der Waals surface area contributed by atoms with Crippen molar-refractivity contribution in [1.29, 1.82) is 0 Å². The van der Waals surface area contributed by atoms with E-state index in [1.54, 1.807) is 0 Å². The molecule has 1 amide bonds. The van der Waals surface area contributed by atoms with Gasteiger partial charge >= 0.3 is 0 Å². The van der Waals surface area contributed by atoms with Gasteiger partial charge in [-0.1, -0.05) is 51.1 Å². The second kappa shape index (κ2) is 8.05. The van der Waals surface area contributed by atoms with Crippen LogP contribution in [-0.2, 0) is 11.3 Å². The van der Waals surface area contributed by atoms with Crippen molar-refractivity contribution in [3.8, 4) is 0 Å². The van der Waals surface area contributed by atoms with E-state index in [0.717, 1.165) is 18.4 Å². The summed E-state index contributed by atoms with van der Waals surface area (Å²) in [6.07, 6.45) is 2.46. The van der Waals surface area contributed by atoms with Crippen molar-refractivity contribution in [3.63, 3.8) is 0 Å². The van der Waals surface area contributed by atoms with Gasteiger partial charge in [0.25, 0.3) is 0 Å². The molecule has 3 heteroatoms. The smallest absolute Gasteiger partial charge is 0.220 e. The molecule has 1 aromatic rings. The Hall–Kier alpha value is -1.35. The molecule has 1 rings (SSSR count). The van der Waals surface area contributed by atoms with Gasteiger partial charge in [-0.3, -0.25) is 4.79 Å². The summed E-state index contributed by atoms with van der Waals surface area (Å²) in [5, 5.41) is 2.98. The van der Waals surface area contributed by atoms with Crippen LogP contribution in [0.2, 0.25) is 0 Å². The SMILES string of the molecule is CC(C)(C)C(CCN)CCC(=O)NCc1ccccc1. The van der Waals surface area contributed by atoms with Crippen LogP contribution in [0.3, 0.4) is 0 Å². The van der Waals surface area contributed by atoms with Crippen molar-refractivity contribution in [2.24, 2.45) is 17.1 Å². The molecule has 0 aliphatic heterocycles. The maximum atomic E-state index is 11.9. The van der Waals surface area contributed by atoms with Crippen molar-refractivity contribution in [3.05, 3.63) is 35.9 Å². The average Bonchev–Trinajstić information content (AvgIpc) is 2.41. The third-order valence-electron chi connectivity index (χ3n) is 3.79. The second-order valence-electron chi connectivity index (χ2n) is 6.44. The van der Waals surface area contributed by atoms with Crippen molar-refractivity contribution >= 4 is 5.91 Å². The zero-order chi connectivity index (χ0) is 15.0. The van der Waals surface area contributed by atoms with E-state index in [9.17, 15) is 4.79 Å². The Labute approximate surface area is 122 Å². The van der Waals surface area contributed by atoms with Crippen LogP contribution in [0.15, 0.2) is 30.3 Å². The molecule has 20 heavy (non-hydrogen) atoms. The van der Waals surface area contributed by atoms with Gasteiger partial charge in [0.1, 0.15) is 0 Å². The second-order valence-corrected chi connectivity index (χ2v) is 6.44. The van der Waals surface area contributed by atoms with Gasteiger partial charge in [0, 0.05) is 13.0 Å². The molecular formula is C17H28N2O. The van der Waals surface area contributed by atoms with Crippen LogP contribution >= 0.6 is 0 Å². The van der Waals surface area contributed by atoms with Crippen molar-refractivity contribution in [1.82, 2.24) is 5.32 Å². The van der Waals surface area contributed by atoms with Gasteiger partial charge in [-0.2, -0.15) is 0 Å². The van der Waals surface area contributed by atoms with Crippen LogP contribution in [0.25, 0.3) is 0 Å². The maximum absolute atomic E-state index is 11.9. The number of benzene rings is 1. The first-order valence-electron chi connectivity index (χ1n) is 7.44. The number of hydrogen-bond donors (Lipinski definition) is 2. The molecule has 0 fully saturated rings. The Morgan fingerprint density at radius 3 is 2.40 bits per heavy atom. The van der Waals surface area contributed by atoms with Crippen molar-refractivity contribution in [2.75, 3.05) is 6.54 Å². The minimum atomic E-state index is 0.125. The number of rotatable bonds is 7. The van der Waals surface area contributed by atoms with Crippen LogP contribution in [-0.4, -0.2) is 12.5 Å². The van der Waals surface area contributed by atoms with Crippen LogP contribution in [0.4, 0.5) is 0 Å². The molecule has 0 saturated carbocycles. The molecule has 1 atom stereocenters. The lowest BCUT2D eigenvalue weighted by Gasteiger charge is -2.30. The average molecular weight is 276 g/mol. The monoisotopic (exact) mass is 276 g/mol. The lowest BCUT2D eigenvalue weighted by molar-refractivity contribution is -0.121. The van der Waals surface area contributed by atoms with E-state index in [4.69, 9.17) is 5.73 Å². The number of hydrogen-bond acceptors (Lipinski definition) is 2. The van der Waals surface area contributed by atoms with E-state index in [2.05, 4.69) is 26.1 Å². The molecule has 112 valence electrons. The Morgan fingerprint density at radius 2 is 1.85 bits per heavy atom. The van der Waals surface area contributed by atoms with E-state index >= 15 is 0 Å². The van der Waals surface area contributed by atoms with E-state index in [0.29, 0.717) is 25.4 Å². The molecule has 3 N–H and O–H groups in total. The molecule has 0 spiro atoms. The summed E-state index contributed by atoms with van der Waals surface area (Å²) in [7, 11) is 0. The summed E-state index contributed by atoms with van der Waals surface area (Å²) in [6.45, 7) is 7.95. The zero-order valence-corrected chi connectivity index (χ0v) is 13.0. The molecule has 3 nitrogen and oxygen atoms in total. The molecule has 1 aromatic carbocycles. The molecule has 0 heterocycles. The summed E-state index contributed by atoms with van der Waals surface area (Å²) >= 11 is 0. The lowest BCUT2D eigenvalue weighted by Crippen LogP contribution is -2.27. The molecule has 1 unspecified atom stereocenters. The summed E-state index contributed by atoms with van der Waals surface area (Å²) in [4.78, 5) is 11.9. The lowest BCUT2D eigenvalue weighted by atomic mass is 9.76. The van der Waals surface area contributed by atoms with Crippen LogP contribution in [0, 0.1) is 11.3 Å². The number of amides is 1. The van der Waals surface area contributed by atoms with Gasteiger partial charge < -0.3 is 11.1 Å². The van der Waals surface area contributed by atoms with E-state index < -0.39 is 0 Å². The zero-order valence-electron chi connectivity index (χ0n) is 13.0. The first-order valence-corrected chi connectivity index (χ1v) is 7.44. The Kier molecular flexibility index (Phi) is 6.73. The highest BCUT2D eigenvalue weighted by Crippen LogP contribution is 2.31. The van der Waals surface area contributed by atoms with Gasteiger partial charge in [0.15, 0.2) is 0 Å². The van der Waals surface area contributed by atoms with Crippen LogP contribution in [0.5, 0.6) is 0 Å². The molecule has 0 radical (unpaired) electrons. The standard InChI is InChI=1S/C17H28N2O/c1-17(2,3)15(11-12-18)9-10-16(20)19-13-14-7-5-4-6-8-14/h4-8,15H,9-13,18H2,1-3H3,(H,19,20). The van der Waals surface area contributed by atoms with Gasteiger partial charge in [-0.15, -0.1) is 0 Å². The molecular weight excluding hydrogens is 248 g/mol. The van der Waals surface area contributed by atoms with E-state index in [1.807, 2.05) is 30.3 Å². The fourth-order valence-corrected chi connectivity index (χ4v) is 2.40. The number of carbonyl (C=O) groups excluding carboxylic acids is 1. The first-order chi connectivity index (χ1) is 9.43. The predicted molar refractivity (Wildman–Crippen MR) is 84.1 cm³/mol. The quantitative estimate of drug-likeness (QED) is 0.804. The Balaban J connectivity index is 2.35. The van der Waals surface area contributed by atoms with Crippen LogP contribution in [0.1, 0.15) is 45.6 Å². The first kappa shape index (κ1) is 16.7. The largest absolute Gasteiger partial charge is 0.352 e. The highest BCUT2D eigenvalue weighted by molar-refractivity contribution is 5.75. The van der Waals surface area contributed by atoms with E-state index in [1.165, 1.54) is 0 Å². The highest BCUT2D eigenvalue weighted by atomic mass is 16.1. The van der Waals surface area contributed by atoms with Gasteiger partial charge in [0.05, 0.1) is 0 Å². The Bertz CT molecular complexity index is 395. The van der Waals surface area contributed by atoms with Gasteiger partial charge in [0.2, 0.25) is 5.91 Å². The number of nitrogens with one attached hydrogen (secondary N) is 1. The highest BCUT2D eigenvalue weighted by Gasteiger charge is 2.24. The topological polar surface area (TPSA) is 55.1 Å². The normalized spacial score (nSPS) is 13.0. The Morgan fingerprint density at radius 1 is 1.20 bits per heavy atom. The van der Waals surface area contributed by atoms with E-state index in [-0.39, 0.29) is 11.3 Å². The fraction of sp³-hybridized carbons (Fsp3) is 0.588. The minimum Gasteiger partial charge on any atom is -0.352 e. The third kappa shape index (κ3) is 6.20. The third-order valence-corrected chi connectivity index (χ3v) is 3.79. The number of nitrogens with two attached hydrogens (primary N) is 1. The van der Waals surface area contributed by atoms with Crippen molar-refractivity contribution in [2.45, 2.75) is 46.6 Å². The summed E-state index contributed by atoms with van der Waals surface area (Å²) in [5.74, 6) is 0.620. The fourth-order valence-electron chi connectivity index (χ4n) is 2.40. The summed E-state index contributed by atoms with van der Waals surface area (Å²) in [5.41, 5.74) is 7.01. The molecule has 0 bridgehead atoms. The molecule has 0 aliphatic rings. The minimum absolute atomic E-state index is 0.125. The summed E-state index contributed by atoms with van der Waals surface area (Å²) < 4.78 is 0. The molecule has 0 aliphatic carbocycles. The number of carbonyl (C=O) groups is 1. The van der Waals surface area contributed by atoms with Gasteiger partial charge in [-0.25, -0.2) is 0 Å². The predicted octanol–water partition coefficient (Wildman–Crippen LogP) is 3.09. The maximum Gasteiger partial charge on any atom is 0.220 e.